The van der Waals surface area contributed by atoms with E-state index < -0.39 is 22.5 Å². The molecule has 0 saturated carbocycles. The van der Waals surface area contributed by atoms with Crippen LogP contribution in [0.5, 0.6) is 0 Å². The first kappa shape index (κ1) is 26.5. The van der Waals surface area contributed by atoms with Crippen LogP contribution in [-0.4, -0.2) is 40.6 Å². The Bertz CT molecular complexity index is 1310. The summed E-state index contributed by atoms with van der Waals surface area (Å²) in [5, 5.41) is 3.24. The van der Waals surface area contributed by atoms with E-state index in [1.807, 2.05) is 25.1 Å². The van der Waals surface area contributed by atoms with Gasteiger partial charge < -0.3 is 10.1 Å². The van der Waals surface area contributed by atoms with Crippen LogP contribution in [0.3, 0.4) is 0 Å². The lowest BCUT2D eigenvalue weighted by molar-refractivity contribution is -0.120. The Kier molecular flexibility index (Phi) is 8.25. The molecule has 1 saturated heterocycles. The highest BCUT2D eigenvalue weighted by Crippen LogP contribution is 2.36. The van der Waals surface area contributed by atoms with Gasteiger partial charge in [0.1, 0.15) is 6.54 Å². The van der Waals surface area contributed by atoms with Crippen molar-refractivity contribution < 1.29 is 17.9 Å². The molecule has 4 rings (SSSR count). The first-order chi connectivity index (χ1) is 17.2. The van der Waals surface area contributed by atoms with E-state index in [9.17, 15) is 13.2 Å². The van der Waals surface area contributed by atoms with Crippen molar-refractivity contribution in [3.63, 3.8) is 0 Å². The number of ether oxygens (including phenoxy) is 1. The van der Waals surface area contributed by atoms with E-state index in [-0.39, 0.29) is 26.0 Å². The van der Waals surface area contributed by atoms with Crippen LogP contribution in [-0.2, 0) is 25.0 Å². The van der Waals surface area contributed by atoms with Gasteiger partial charge in [-0.1, -0.05) is 77.3 Å². The molecular formula is C27H28Cl2N2O4S. The number of aryl methyl sites for hydroxylation is 1. The molecule has 0 atom stereocenters. The number of sulfonamides is 1. The average molecular weight is 548 g/mol. The van der Waals surface area contributed by atoms with Gasteiger partial charge in [0, 0.05) is 25.2 Å². The van der Waals surface area contributed by atoms with Gasteiger partial charge in [0.05, 0.1) is 20.6 Å². The predicted octanol–water partition coefficient (Wildman–Crippen LogP) is 5.36. The standard InChI is InChI=1S/C27H28Cl2N2O4S/c1-20-10-12-22(13-11-20)36(33,34)31(24-9-5-8-23(28)26(24)29)18-25(32)30-19-27(14-16-35-17-15-27)21-6-3-2-4-7-21/h2-13H,14-19H2,1H3,(H,30,32). The molecule has 0 radical (unpaired) electrons. The highest BCUT2D eigenvalue weighted by atomic mass is 35.5. The third-order valence-corrected chi connectivity index (χ3v) is 9.14. The zero-order valence-corrected chi connectivity index (χ0v) is 22.2. The van der Waals surface area contributed by atoms with Gasteiger partial charge in [-0.2, -0.15) is 0 Å². The minimum atomic E-state index is -4.11. The van der Waals surface area contributed by atoms with Crippen LogP contribution < -0.4 is 9.62 Å². The number of hydrogen-bond acceptors (Lipinski definition) is 4. The summed E-state index contributed by atoms with van der Waals surface area (Å²) in [6.07, 6.45) is 1.51. The molecule has 1 amide bonds. The number of carbonyl (C=O) groups is 1. The monoisotopic (exact) mass is 546 g/mol. The molecule has 1 heterocycles. The smallest absolute Gasteiger partial charge is 0.264 e. The Hall–Kier alpha value is -2.58. The van der Waals surface area contributed by atoms with Gasteiger partial charge >= 0.3 is 0 Å². The zero-order chi connectivity index (χ0) is 25.8. The first-order valence-electron chi connectivity index (χ1n) is 11.7. The van der Waals surface area contributed by atoms with Crippen molar-refractivity contribution in [3.05, 3.63) is 94.0 Å². The summed E-state index contributed by atoms with van der Waals surface area (Å²) in [6.45, 7) is 2.97. The summed E-state index contributed by atoms with van der Waals surface area (Å²) in [4.78, 5) is 13.3. The normalized spacial score (nSPS) is 15.3. The van der Waals surface area contributed by atoms with Gasteiger partial charge in [-0.3, -0.25) is 9.10 Å². The summed E-state index contributed by atoms with van der Waals surface area (Å²) in [6, 6.07) is 21.2. The van der Waals surface area contributed by atoms with Crippen LogP contribution in [0.15, 0.2) is 77.7 Å². The molecule has 1 N–H and O–H groups in total. The molecule has 9 heteroatoms. The molecule has 0 bridgehead atoms. The number of hydrogen-bond donors (Lipinski definition) is 1. The van der Waals surface area contributed by atoms with E-state index >= 15 is 0 Å². The largest absolute Gasteiger partial charge is 0.381 e. The lowest BCUT2D eigenvalue weighted by atomic mass is 9.74. The van der Waals surface area contributed by atoms with Gasteiger partial charge in [-0.25, -0.2) is 8.42 Å². The lowest BCUT2D eigenvalue weighted by Gasteiger charge is -2.38. The maximum atomic E-state index is 13.7. The highest BCUT2D eigenvalue weighted by molar-refractivity contribution is 7.92. The van der Waals surface area contributed by atoms with Crippen molar-refractivity contribution in [3.8, 4) is 0 Å². The third kappa shape index (κ3) is 5.70. The number of nitrogens with zero attached hydrogens (tertiary/aromatic N) is 1. The van der Waals surface area contributed by atoms with E-state index in [4.69, 9.17) is 27.9 Å². The van der Waals surface area contributed by atoms with Gasteiger partial charge in [0.2, 0.25) is 5.91 Å². The Morgan fingerprint density at radius 1 is 0.972 bits per heavy atom. The van der Waals surface area contributed by atoms with Crippen LogP contribution >= 0.6 is 23.2 Å². The summed E-state index contributed by atoms with van der Waals surface area (Å²) in [5.41, 5.74) is 1.89. The van der Waals surface area contributed by atoms with Crippen LogP contribution in [0, 0.1) is 6.92 Å². The molecular weight excluding hydrogens is 519 g/mol. The Labute approximate surface area is 222 Å². The van der Waals surface area contributed by atoms with Gasteiger partial charge in [-0.15, -0.1) is 0 Å². The molecule has 0 unspecified atom stereocenters. The minimum Gasteiger partial charge on any atom is -0.381 e. The van der Waals surface area contributed by atoms with Crippen molar-refractivity contribution in [2.75, 3.05) is 30.6 Å². The lowest BCUT2D eigenvalue weighted by Crippen LogP contribution is -2.48. The maximum Gasteiger partial charge on any atom is 0.264 e. The Morgan fingerprint density at radius 3 is 2.31 bits per heavy atom. The fraction of sp³-hybridized carbons (Fsp3) is 0.296. The molecule has 3 aromatic carbocycles. The van der Waals surface area contributed by atoms with Gasteiger partial charge in [0.15, 0.2) is 0 Å². The van der Waals surface area contributed by atoms with E-state index in [1.165, 1.54) is 18.2 Å². The number of halogens is 2. The van der Waals surface area contributed by atoms with Crippen LogP contribution in [0.1, 0.15) is 24.0 Å². The number of carbonyl (C=O) groups excluding carboxylic acids is 1. The molecule has 1 aliphatic heterocycles. The average Bonchev–Trinajstić information content (AvgIpc) is 2.89. The molecule has 1 fully saturated rings. The number of anilines is 1. The maximum absolute atomic E-state index is 13.7. The van der Waals surface area contributed by atoms with Crippen molar-refractivity contribution in [2.45, 2.75) is 30.1 Å². The fourth-order valence-electron chi connectivity index (χ4n) is 4.40. The Balaban J connectivity index is 1.62. The van der Waals surface area contributed by atoms with Crippen LogP contribution in [0.2, 0.25) is 10.0 Å². The van der Waals surface area contributed by atoms with Crippen molar-refractivity contribution in [1.29, 1.82) is 0 Å². The van der Waals surface area contributed by atoms with Gasteiger partial charge in [0.25, 0.3) is 10.0 Å². The second-order valence-corrected chi connectivity index (χ2v) is 11.6. The molecule has 190 valence electrons. The second kappa shape index (κ2) is 11.2. The molecule has 1 aliphatic rings. The number of amides is 1. The fourth-order valence-corrected chi connectivity index (χ4v) is 6.28. The van der Waals surface area contributed by atoms with E-state index in [0.717, 1.165) is 28.3 Å². The van der Waals surface area contributed by atoms with Crippen molar-refractivity contribution in [2.24, 2.45) is 0 Å². The third-order valence-electron chi connectivity index (χ3n) is 6.56. The van der Waals surface area contributed by atoms with E-state index in [1.54, 1.807) is 24.3 Å². The summed E-state index contributed by atoms with van der Waals surface area (Å²) >= 11 is 12.6. The molecule has 0 spiro atoms. The predicted molar refractivity (Wildman–Crippen MR) is 143 cm³/mol. The SMILES string of the molecule is Cc1ccc(S(=O)(=O)N(CC(=O)NCC2(c3ccccc3)CCOCC2)c2cccc(Cl)c2Cl)cc1. The Morgan fingerprint density at radius 2 is 1.64 bits per heavy atom. The van der Waals surface area contributed by atoms with E-state index in [0.29, 0.717) is 19.8 Å². The topological polar surface area (TPSA) is 75.7 Å². The van der Waals surface area contributed by atoms with Crippen LogP contribution in [0.4, 0.5) is 5.69 Å². The zero-order valence-electron chi connectivity index (χ0n) is 19.9. The summed E-state index contributed by atoms with van der Waals surface area (Å²) < 4.78 is 33.9. The molecule has 0 aromatic heterocycles. The van der Waals surface area contributed by atoms with Crippen molar-refractivity contribution in [1.82, 2.24) is 5.32 Å². The molecule has 36 heavy (non-hydrogen) atoms. The molecule has 3 aromatic rings. The van der Waals surface area contributed by atoms with Crippen molar-refractivity contribution >= 4 is 44.8 Å². The summed E-state index contributed by atoms with van der Waals surface area (Å²) in [7, 11) is -4.11. The second-order valence-electron chi connectivity index (χ2n) is 8.93. The number of benzene rings is 3. The quantitative estimate of drug-likeness (QED) is 0.412. The molecule has 6 nitrogen and oxygen atoms in total. The summed E-state index contributed by atoms with van der Waals surface area (Å²) in [5.74, 6) is -0.441. The number of rotatable bonds is 8. The van der Waals surface area contributed by atoms with Gasteiger partial charge in [-0.05, 0) is 49.6 Å². The first-order valence-corrected chi connectivity index (χ1v) is 13.9. The minimum absolute atomic E-state index is 0.0575. The van der Waals surface area contributed by atoms with E-state index in [2.05, 4.69) is 17.4 Å². The number of nitrogens with one attached hydrogen (secondary N) is 1. The van der Waals surface area contributed by atoms with Crippen LogP contribution in [0.25, 0.3) is 0 Å². The highest BCUT2D eigenvalue weighted by Gasteiger charge is 2.36. The molecule has 0 aliphatic carbocycles.